The molecule has 0 radical (unpaired) electrons. The molecule has 0 aliphatic heterocycles. The predicted molar refractivity (Wildman–Crippen MR) is 77.1 cm³/mol. The van der Waals surface area contributed by atoms with Crippen LogP contribution in [-0.2, 0) is 0 Å². The van der Waals surface area contributed by atoms with Gasteiger partial charge in [0, 0.05) is 9.28 Å². The number of hydrogen-bond donors (Lipinski definition) is 1. The lowest BCUT2D eigenvalue weighted by Gasteiger charge is -2.12. The van der Waals surface area contributed by atoms with Crippen LogP contribution >= 0.6 is 22.6 Å². The summed E-state index contributed by atoms with van der Waals surface area (Å²) in [7, 11) is 0. The van der Waals surface area contributed by atoms with Crippen LogP contribution in [0.2, 0.25) is 0 Å². The maximum atomic E-state index is 11.9. The molecule has 4 heteroatoms. The van der Waals surface area contributed by atoms with Gasteiger partial charge in [-0.15, -0.1) is 0 Å². The van der Waals surface area contributed by atoms with E-state index in [4.69, 9.17) is 0 Å². The highest BCUT2D eigenvalue weighted by atomic mass is 127. The Morgan fingerprint density at radius 3 is 2.59 bits per heavy atom. The molecule has 1 amide bonds. The largest absolute Gasteiger partial charge is 0.272 e. The molecule has 1 fully saturated rings. The molecule has 90 valence electrons. The number of benzene rings is 1. The van der Waals surface area contributed by atoms with Crippen molar-refractivity contribution in [1.82, 2.24) is 5.43 Å². The number of hydrogen-bond acceptors (Lipinski definition) is 2. The summed E-state index contributed by atoms with van der Waals surface area (Å²) in [6.07, 6.45) is 5.71. The molecule has 1 aromatic carbocycles. The van der Waals surface area contributed by atoms with Crippen LogP contribution in [0.25, 0.3) is 0 Å². The summed E-state index contributed by atoms with van der Waals surface area (Å²) >= 11 is 2.16. The van der Waals surface area contributed by atoms with Crippen LogP contribution in [0.1, 0.15) is 42.5 Å². The fourth-order valence-electron chi connectivity index (χ4n) is 1.91. The van der Waals surface area contributed by atoms with Crippen LogP contribution in [0.3, 0.4) is 0 Å². The molecule has 0 aromatic heterocycles. The zero-order valence-electron chi connectivity index (χ0n) is 9.58. The van der Waals surface area contributed by atoms with Gasteiger partial charge >= 0.3 is 0 Å². The number of rotatable bonds is 2. The summed E-state index contributed by atoms with van der Waals surface area (Å²) in [6, 6.07) is 7.53. The van der Waals surface area contributed by atoms with Gasteiger partial charge in [-0.25, -0.2) is 5.43 Å². The lowest BCUT2D eigenvalue weighted by molar-refractivity contribution is 0.0953. The summed E-state index contributed by atoms with van der Waals surface area (Å²) in [5, 5.41) is 4.21. The fourth-order valence-corrected chi connectivity index (χ4v) is 2.54. The van der Waals surface area contributed by atoms with Gasteiger partial charge in [-0.05, 0) is 60.4 Å². The van der Waals surface area contributed by atoms with Gasteiger partial charge in [0.25, 0.3) is 5.91 Å². The maximum Gasteiger partial charge on any atom is 0.272 e. The molecule has 0 spiro atoms. The van der Waals surface area contributed by atoms with Gasteiger partial charge in [-0.2, -0.15) is 5.10 Å². The van der Waals surface area contributed by atoms with E-state index >= 15 is 0 Å². The van der Waals surface area contributed by atoms with Gasteiger partial charge in [0.1, 0.15) is 0 Å². The Labute approximate surface area is 115 Å². The molecule has 1 aliphatic rings. The second-order valence-electron chi connectivity index (χ2n) is 4.16. The van der Waals surface area contributed by atoms with Crippen LogP contribution in [0.15, 0.2) is 29.4 Å². The normalized spacial score (nSPS) is 15.5. The minimum absolute atomic E-state index is 0.118. The van der Waals surface area contributed by atoms with E-state index < -0.39 is 0 Å². The van der Waals surface area contributed by atoms with E-state index in [0.717, 1.165) is 22.1 Å². The van der Waals surface area contributed by atoms with Crippen molar-refractivity contribution < 1.29 is 4.79 Å². The molecule has 0 heterocycles. The summed E-state index contributed by atoms with van der Waals surface area (Å²) < 4.78 is 0.950. The summed E-state index contributed by atoms with van der Waals surface area (Å²) in [5.41, 5.74) is 4.46. The van der Waals surface area contributed by atoms with E-state index in [2.05, 4.69) is 33.1 Å². The van der Waals surface area contributed by atoms with Crippen molar-refractivity contribution in [1.29, 1.82) is 0 Å². The van der Waals surface area contributed by atoms with Crippen LogP contribution < -0.4 is 5.43 Å². The lowest BCUT2D eigenvalue weighted by Crippen LogP contribution is -2.21. The molecule has 3 nitrogen and oxygen atoms in total. The SMILES string of the molecule is O=C(NN=C1CCCCC1)c1ccccc1I. The lowest BCUT2D eigenvalue weighted by atomic mass is 9.99. The Balaban J connectivity index is 2.00. The van der Waals surface area contributed by atoms with Gasteiger partial charge in [0.2, 0.25) is 0 Å². The van der Waals surface area contributed by atoms with E-state index in [1.807, 2.05) is 24.3 Å². The number of nitrogens with one attached hydrogen (secondary N) is 1. The Kier molecular flexibility index (Phi) is 4.53. The molecule has 0 atom stereocenters. The molecule has 0 bridgehead atoms. The van der Waals surface area contributed by atoms with Crippen LogP contribution in [-0.4, -0.2) is 11.6 Å². The number of amides is 1. The number of carbonyl (C=O) groups is 1. The van der Waals surface area contributed by atoms with Gasteiger partial charge in [0.05, 0.1) is 5.56 Å². The highest BCUT2D eigenvalue weighted by Crippen LogP contribution is 2.15. The first-order valence-corrected chi connectivity index (χ1v) is 6.95. The van der Waals surface area contributed by atoms with Gasteiger partial charge in [-0.3, -0.25) is 4.79 Å². The molecule has 1 aromatic rings. The minimum Gasteiger partial charge on any atom is -0.267 e. The maximum absolute atomic E-state index is 11.9. The summed E-state index contributed by atoms with van der Waals surface area (Å²) in [5.74, 6) is -0.118. The van der Waals surface area contributed by atoms with E-state index in [0.29, 0.717) is 5.56 Å². The first-order chi connectivity index (χ1) is 8.27. The molecular formula is C13H15IN2O. The van der Waals surface area contributed by atoms with E-state index in [-0.39, 0.29) is 5.91 Å². The Morgan fingerprint density at radius 2 is 1.88 bits per heavy atom. The Hall–Kier alpha value is -0.910. The zero-order valence-corrected chi connectivity index (χ0v) is 11.7. The van der Waals surface area contributed by atoms with Gasteiger partial charge in [0.15, 0.2) is 0 Å². The predicted octanol–water partition coefficient (Wildman–Crippen LogP) is 3.34. The van der Waals surface area contributed by atoms with Crippen molar-refractivity contribution >= 4 is 34.2 Å². The molecular weight excluding hydrogens is 327 g/mol. The van der Waals surface area contributed by atoms with Crippen LogP contribution in [0, 0.1) is 3.57 Å². The highest BCUT2D eigenvalue weighted by Gasteiger charge is 2.10. The topological polar surface area (TPSA) is 41.5 Å². The molecule has 0 saturated heterocycles. The van der Waals surface area contributed by atoms with Crippen molar-refractivity contribution in [3.05, 3.63) is 33.4 Å². The molecule has 17 heavy (non-hydrogen) atoms. The standard InChI is InChI=1S/C13H15IN2O/c14-12-9-5-4-8-11(12)13(17)16-15-10-6-2-1-3-7-10/h4-5,8-9H,1-3,6-7H2,(H,16,17). The van der Waals surface area contributed by atoms with E-state index in [9.17, 15) is 4.79 Å². The van der Waals surface area contributed by atoms with Crippen molar-refractivity contribution in [3.63, 3.8) is 0 Å². The van der Waals surface area contributed by atoms with Crippen molar-refractivity contribution in [2.45, 2.75) is 32.1 Å². The third kappa shape index (κ3) is 3.52. The van der Waals surface area contributed by atoms with Crippen molar-refractivity contribution in [3.8, 4) is 0 Å². The third-order valence-electron chi connectivity index (χ3n) is 2.86. The third-order valence-corrected chi connectivity index (χ3v) is 3.81. The van der Waals surface area contributed by atoms with E-state index in [1.54, 1.807) is 0 Å². The molecule has 0 unspecified atom stereocenters. The minimum atomic E-state index is -0.118. The molecule has 1 aliphatic carbocycles. The highest BCUT2D eigenvalue weighted by molar-refractivity contribution is 14.1. The first kappa shape index (κ1) is 12.5. The quantitative estimate of drug-likeness (QED) is 0.650. The van der Waals surface area contributed by atoms with Crippen molar-refractivity contribution in [2.75, 3.05) is 0 Å². The smallest absolute Gasteiger partial charge is 0.267 e. The van der Waals surface area contributed by atoms with Crippen LogP contribution in [0.4, 0.5) is 0 Å². The van der Waals surface area contributed by atoms with E-state index in [1.165, 1.54) is 19.3 Å². The monoisotopic (exact) mass is 342 g/mol. The summed E-state index contributed by atoms with van der Waals surface area (Å²) in [4.78, 5) is 11.9. The molecule has 2 rings (SSSR count). The number of halogens is 1. The summed E-state index contributed by atoms with van der Waals surface area (Å²) in [6.45, 7) is 0. The van der Waals surface area contributed by atoms with Gasteiger partial charge in [-0.1, -0.05) is 18.6 Å². The second kappa shape index (κ2) is 6.14. The average Bonchev–Trinajstić information content (AvgIpc) is 2.38. The number of nitrogens with zero attached hydrogens (tertiary/aromatic N) is 1. The zero-order chi connectivity index (χ0) is 12.1. The number of hydrazone groups is 1. The van der Waals surface area contributed by atoms with Gasteiger partial charge < -0.3 is 0 Å². The number of carbonyl (C=O) groups excluding carboxylic acids is 1. The second-order valence-corrected chi connectivity index (χ2v) is 5.32. The Bertz CT molecular complexity index is 435. The molecule has 1 saturated carbocycles. The fraction of sp³-hybridized carbons (Fsp3) is 0.385. The molecule has 1 N–H and O–H groups in total. The van der Waals surface area contributed by atoms with Crippen molar-refractivity contribution in [2.24, 2.45) is 5.10 Å². The first-order valence-electron chi connectivity index (χ1n) is 5.87. The Morgan fingerprint density at radius 1 is 1.18 bits per heavy atom. The van der Waals surface area contributed by atoms with Crippen LogP contribution in [0.5, 0.6) is 0 Å². The average molecular weight is 342 g/mol.